The Balaban J connectivity index is 2.04. The normalized spacial score (nSPS) is 14.9. The van der Waals surface area contributed by atoms with Crippen LogP contribution in [-0.2, 0) is 6.42 Å². The second-order valence-electron chi connectivity index (χ2n) is 5.92. The van der Waals surface area contributed by atoms with Gasteiger partial charge in [-0.15, -0.1) is 0 Å². The molecule has 1 amide bonds. The van der Waals surface area contributed by atoms with Gasteiger partial charge in [0.2, 0.25) is 0 Å². The highest BCUT2D eigenvalue weighted by atomic mass is 16.3. The first-order chi connectivity index (χ1) is 10.5. The van der Waals surface area contributed by atoms with E-state index >= 15 is 0 Å². The predicted octanol–water partition coefficient (Wildman–Crippen LogP) is 2.44. The molecule has 4 heteroatoms. The number of benzene rings is 1. The molecule has 1 heterocycles. The first kappa shape index (κ1) is 16.2. The SMILES string of the molecule is C[C@@H](O)[C@@](C)(CNC(=O)c1cccnc1)Cc1ccccc1. The van der Waals surface area contributed by atoms with Gasteiger partial charge in [-0.1, -0.05) is 37.3 Å². The van der Waals surface area contributed by atoms with Gasteiger partial charge in [-0.25, -0.2) is 0 Å². The number of hydrogen-bond donors (Lipinski definition) is 2. The molecule has 0 bridgehead atoms. The van der Waals surface area contributed by atoms with Crippen LogP contribution in [0.5, 0.6) is 0 Å². The maximum Gasteiger partial charge on any atom is 0.252 e. The molecule has 0 saturated carbocycles. The Kier molecular flexibility index (Phi) is 5.28. The molecular weight excluding hydrogens is 276 g/mol. The second-order valence-corrected chi connectivity index (χ2v) is 5.92. The van der Waals surface area contributed by atoms with Crippen LogP contribution in [0.1, 0.15) is 29.8 Å². The topological polar surface area (TPSA) is 62.2 Å². The van der Waals surface area contributed by atoms with E-state index in [9.17, 15) is 9.90 Å². The number of nitrogens with one attached hydrogen (secondary N) is 1. The van der Waals surface area contributed by atoms with E-state index in [1.807, 2.05) is 37.3 Å². The van der Waals surface area contributed by atoms with Crippen molar-refractivity contribution in [2.75, 3.05) is 6.54 Å². The highest BCUT2D eigenvalue weighted by Gasteiger charge is 2.31. The third-order valence-electron chi connectivity index (χ3n) is 4.04. The summed E-state index contributed by atoms with van der Waals surface area (Å²) in [5, 5.41) is 13.1. The number of rotatable bonds is 6. The van der Waals surface area contributed by atoms with E-state index in [0.717, 1.165) is 5.56 Å². The molecule has 4 nitrogen and oxygen atoms in total. The molecule has 0 unspecified atom stereocenters. The maximum absolute atomic E-state index is 12.1. The molecule has 2 N–H and O–H groups in total. The third kappa shape index (κ3) is 4.15. The number of pyridine rings is 1. The van der Waals surface area contributed by atoms with Crippen LogP contribution < -0.4 is 5.32 Å². The Hall–Kier alpha value is -2.20. The molecule has 0 spiro atoms. The summed E-state index contributed by atoms with van der Waals surface area (Å²) in [7, 11) is 0. The van der Waals surface area contributed by atoms with Crippen molar-refractivity contribution in [2.45, 2.75) is 26.4 Å². The lowest BCUT2D eigenvalue weighted by Crippen LogP contribution is -2.43. The summed E-state index contributed by atoms with van der Waals surface area (Å²) in [6, 6.07) is 13.4. The zero-order chi connectivity index (χ0) is 16.0. The van der Waals surface area contributed by atoms with Crippen LogP contribution in [0.4, 0.5) is 0 Å². The Morgan fingerprint density at radius 3 is 2.59 bits per heavy atom. The molecule has 2 aromatic rings. The van der Waals surface area contributed by atoms with E-state index in [1.165, 1.54) is 6.20 Å². The van der Waals surface area contributed by atoms with E-state index in [-0.39, 0.29) is 5.91 Å². The van der Waals surface area contributed by atoms with Gasteiger partial charge in [-0.3, -0.25) is 9.78 Å². The van der Waals surface area contributed by atoms with Crippen LogP contribution in [0.3, 0.4) is 0 Å². The molecule has 2 atom stereocenters. The number of nitrogens with zero attached hydrogens (tertiary/aromatic N) is 1. The minimum atomic E-state index is -0.540. The number of carbonyl (C=O) groups is 1. The van der Waals surface area contributed by atoms with Gasteiger partial charge in [0.25, 0.3) is 5.91 Å². The maximum atomic E-state index is 12.1. The minimum Gasteiger partial charge on any atom is -0.393 e. The van der Waals surface area contributed by atoms with Crippen LogP contribution in [0.15, 0.2) is 54.9 Å². The fourth-order valence-corrected chi connectivity index (χ4v) is 2.30. The Morgan fingerprint density at radius 2 is 2.00 bits per heavy atom. The zero-order valence-electron chi connectivity index (χ0n) is 13.0. The lowest BCUT2D eigenvalue weighted by Gasteiger charge is -2.33. The van der Waals surface area contributed by atoms with Crippen LogP contribution in [-0.4, -0.2) is 28.6 Å². The molecule has 1 aromatic heterocycles. The van der Waals surface area contributed by atoms with E-state index < -0.39 is 11.5 Å². The molecule has 0 aliphatic heterocycles. The number of aromatic nitrogens is 1. The van der Waals surface area contributed by atoms with Gasteiger partial charge in [0, 0.05) is 24.4 Å². The van der Waals surface area contributed by atoms with Crippen molar-refractivity contribution < 1.29 is 9.90 Å². The first-order valence-corrected chi connectivity index (χ1v) is 7.41. The van der Waals surface area contributed by atoms with Gasteiger partial charge in [-0.05, 0) is 31.0 Å². The lowest BCUT2D eigenvalue weighted by molar-refractivity contribution is 0.0500. The van der Waals surface area contributed by atoms with Crippen molar-refractivity contribution >= 4 is 5.91 Å². The van der Waals surface area contributed by atoms with E-state index in [1.54, 1.807) is 25.3 Å². The van der Waals surface area contributed by atoms with Gasteiger partial charge < -0.3 is 10.4 Å². The van der Waals surface area contributed by atoms with Crippen molar-refractivity contribution in [3.05, 3.63) is 66.0 Å². The van der Waals surface area contributed by atoms with E-state index in [4.69, 9.17) is 0 Å². The average molecular weight is 298 g/mol. The standard InChI is InChI=1S/C18H22N2O2/c1-14(21)18(2,11-15-7-4-3-5-8-15)13-20-17(22)16-9-6-10-19-12-16/h3-10,12,14,21H,11,13H2,1-2H3,(H,20,22)/t14-,18-/m1/s1. The summed E-state index contributed by atoms with van der Waals surface area (Å²) in [6.07, 6.45) is 3.32. The van der Waals surface area contributed by atoms with Crippen molar-refractivity contribution in [3.63, 3.8) is 0 Å². The van der Waals surface area contributed by atoms with Crippen molar-refractivity contribution in [1.29, 1.82) is 0 Å². The molecule has 0 aliphatic rings. The Morgan fingerprint density at radius 1 is 1.27 bits per heavy atom. The fraction of sp³-hybridized carbons (Fsp3) is 0.333. The third-order valence-corrected chi connectivity index (χ3v) is 4.04. The van der Waals surface area contributed by atoms with Crippen molar-refractivity contribution in [2.24, 2.45) is 5.41 Å². The zero-order valence-corrected chi connectivity index (χ0v) is 13.0. The summed E-state index contributed by atoms with van der Waals surface area (Å²) in [4.78, 5) is 16.1. The summed E-state index contributed by atoms with van der Waals surface area (Å²) in [5.74, 6) is -0.173. The molecule has 116 valence electrons. The van der Waals surface area contributed by atoms with Crippen molar-refractivity contribution in [3.8, 4) is 0 Å². The summed E-state index contributed by atoms with van der Waals surface area (Å²) < 4.78 is 0. The molecule has 0 saturated heterocycles. The number of aliphatic hydroxyl groups is 1. The molecule has 1 aromatic carbocycles. The fourth-order valence-electron chi connectivity index (χ4n) is 2.30. The Labute approximate surface area is 131 Å². The number of aliphatic hydroxyl groups excluding tert-OH is 1. The van der Waals surface area contributed by atoms with Crippen molar-refractivity contribution in [1.82, 2.24) is 10.3 Å². The van der Waals surface area contributed by atoms with Gasteiger partial charge >= 0.3 is 0 Å². The molecule has 0 radical (unpaired) electrons. The molecule has 22 heavy (non-hydrogen) atoms. The molecular formula is C18H22N2O2. The minimum absolute atomic E-state index is 0.173. The molecule has 0 aliphatic carbocycles. The summed E-state index contributed by atoms with van der Waals surface area (Å²) in [5.41, 5.74) is 1.23. The van der Waals surface area contributed by atoms with Gasteiger partial charge in [0.05, 0.1) is 11.7 Å². The summed E-state index contributed by atoms with van der Waals surface area (Å²) in [6.45, 7) is 4.14. The van der Waals surface area contributed by atoms with Crippen LogP contribution >= 0.6 is 0 Å². The number of amides is 1. The highest BCUT2D eigenvalue weighted by molar-refractivity contribution is 5.93. The van der Waals surface area contributed by atoms with Gasteiger partial charge in [0.15, 0.2) is 0 Å². The van der Waals surface area contributed by atoms with Gasteiger partial charge in [-0.2, -0.15) is 0 Å². The van der Waals surface area contributed by atoms with Gasteiger partial charge in [0.1, 0.15) is 0 Å². The monoisotopic (exact) mass is 298 g/mol. The van der Waals surface area contributed by atoms with Crippen LogP contribution in [0.2, 0.25) is 0 Å². The van der Waals surface area contributed by atoms with Crippen LogP contribution in [0, 0.1) is 5.41 Å². The smallest absolute Gasteiger partial charge is 0.252 e. The number of carbonyl (C=O) groups excluding carboxylic acids is 1. The summed E-state index contributed by atoms with van der Waals surface area (Å²) >= 11 is 0. The van der Waals surface area contributed by atoms with Crippen LogP contribution in [0.25, 0.3) is 0 Å². The predicted molar refractivity (Wildman–Crippen MR) is 86.5 cm³/mol. The molecule has 0 fully saturated rings. The lowest BCUT2D eigenvalue weighted by atomic mass is 9.79. The number of hydrogen-bond acceptors (Lipinski definition) is 3. The van der Waals surface area contributed by atoms with E-state index in [0.29, 0.717) is 18.5 Å². The average Bonchev–Trinajstić information content (AvgIpc) is 2.54. The molecule has 2 rings (SSSR count). The van der Waals surface area contributed by atoms with E-state index in [2.05, 4.69) is 10.3 Å². The quantitative estimate of drug-likeness (QED) is 0.861. The first-order valence-electron chi connectivity index (χ1n) is 7.41. The highest BCUT2D eigenvalue weighted by Crippen LogP contribution is 2.26. The second kappa shape index (κ2) is 7.18. The largest absolute Gasteiger partial charge is 0.393 e. The Bertz CT molecular complexity index is 599.